The molecular weight excluding hydrogens is 260 g/mol. The minimum atomic E-state index is -0.281. The number of anilines is 1. The number of rotatable bonds is 8. The number of hydrogen-bond acceptors (Lipinski definition) is 5. The zero-order valence-electron chi connectivity index (χ0n) is 11.8. The SMILES string of the molecule is CNC1C(=O)Nc2cc(OCCOCCOC)ccc21. The molecule has 6 nitrogen and oxygen atoms in total. The number of ether oxygens (including phenoxy) is 3. The Balaban J connectivity index is 1.83. The molecule has 1 aliphatic rings. The summed E-state index contributed by atoms with van der Waals surface area (Å²) >= 11 is 0. The van der Waals surface area contributed by atoms with Crippen LogP contribution in [0.3, 0.4) is 0 Å². The predicted molar refractivity (Wildman–Crippen MR) is 75.1 cm³/mol. The standard InChI is InChI=1S/C14H20N2O4/c1-15-13-11-4-3-10(9-12(11)16-14(13)17)20-8-7-19-6-5-18-2/h3-4,9,13,15H,5-8H2,1-2H3,(H,16,17). The van der Waals surface area contributed by atoms with Crippen LogP contribution in [0.5, 0.6) is 5.75 Å². The van der Waals surface area contributed by atoms with E-state index in [0.29, 0.717) is 26.4 Å². The highest BCUT2D eigenvalue weighted by Gasteiger charge is 2.29. The van der Waals surface area contributed by atoms with Crippen LogP contribution in [0.2, 0.25) is 0 Å². The molecule has 1 aromatic rings. The fourth-order valence-electron chi connectivity index (χ4n) is 2.08. The second-order valence-electron chi connectivity index (χ2n) is 4.41. The molecule has 20 heavy (non-hydrogen) atoms. The number of benzene rings is 1. The van der Waals surface area contributed by atoms with E-state index < -0.39 is 0 Å². The maximum absolute atomic E-state index is 11.7. The van der Waals surface area contributed by atoms with Gasteiger partial charge in [-0.15, -0.1) is 0 Å². The Kier molecular flexibility index (Phi) is 5.34. The van der Waals surface area contributed by atoms with E-state index in [0.717, 1.165) is 17.0 Å². The lowest BCUT2D eigenvalue weighted by molar-refractivity contribution is -0.117. The first kappa shape index (κ1) is 14.8. The minimum Gasteiger partial charge on any atom is -0.491 e. The quantitative estimate of drug-likeness (QED) is 0.694. The predicted octanol–water partition coefficient (Wildman–Crippen LogP) is 0.941. The average molecular weight is 280 g/mol. The normalized spacial score (nSPS) is 16.9. The first-order chi connectivity index (χ1) is 9.76. The number of fused-ring (bicyclic) bond motifs is 1. The number of carbonyl (C=O) groups excluding carboxylic acids is 1. The van der Waals surface area contributed by atoms with Crippen molar-refractivity contribution in [3.8, 4) is 5.75 Å². The fraction of sp³-hybridized carbons (Fsp3) is 0.500. The number of likely N-dealkylation sites (N-methyl/N-ethyl adjacent to an activating group) is 1. The van der Waals surface area contributed by atoms with Gasteiger partial charge in [0.1, 0.15) is 18.4 Å². The molecule has 0 aliphatic carbocycles. The first-order valence-electron chi connectivity index (χ1n) is 6.58. The molecule has 1 amide bonds. The number of carbonyl (C=O) groups is 1. The maximum Gasteiger partial charge on any atom is 0.246 e. The Morgan fingerprint density at radius 1 is 1.25 bits per heavy atom. The van der Waals surface area contributed by atoms with E-state index in [2.05, 4.69) is 10.6 Å². The van der Waals surface area contributed by atoms with Gasteiger partial charge >= 0.3 is 0 Å². The van der Waals surface area contributed by atoms with Gasteiger partial charge < -0.3 is 24.8 Å². The van der Waals surface area contributed by atoms with Crippen molar-refractivity contribution in [2.45, 2.75) is 6.04 Å². The van der Waals surface area contributed by atoms with Crippen LogP contribution >= 0.6 is 0 Å². The Morgan fingerprint density at radius 2 is 2.05 bits per heavy atom. The summed E-state index contributed by atoms with van der Waals surface area (Å²) in [5.41, 5.74) is 1.74. The lowest BCUT2D eigenvalue weighted by atomic mass is 10.1. The molecule has 1 unspecified atom stereocenters. The average Bonchev–Trinajstić information content (AvgIpc) is 2.77. The third-order valence-corrected chi connectivity index (χ3v) is 3.07. The molecule has 2 rings (SSSR count). The molecule has 0 aromatic heterocycles. The minimum absolute atomic E-state index is 0.0393. The number of hydrogen-bond donors (Lipinski definition) is 2. The largest absolute Gasteiger partial charge is 0.491 e. The van der Waals surface area contributed by atoms with Gasteiger partial charge in [-0.05, 0) is 13.1 Å². The Hall–Kier alpha value is -1.63. The molecule has 0 saturated carbocycles. The van der Waals surface area contributed by atoms with Gasteiger partial charge in [0.25, 0.3) is 0 Å². The van der Waals surface area contributed by atoms with Crippen molar-refractivity contribution < 1.29 is 19.0 Å². The maximum atomic E-state index is 11.7. The van der Waals surface area contributed by atoms with Crippen LogP contribution in [0.15, 0.2) is 18.2 Å². The summed E-state index contributed by atoms with van der Waals surface area (Å²) in [6.07, 6.45) is 0. The van der Waals surface area contributed by atoms with Crippen molar-refractivity contribution >= 4 is 11.6 Å². The van der Waals surface area contributed by atoms with E-state index in [-0.39, 0.29) is 11.9 Å². The fourth-order valence-corrected chi connectivity index (χ4v) is 2.08. The van der Waals surface area contributed by atoms with Gasteiger partial charge in [0.2, 0.25) is 5.91 Å². The van der Waals surface area contributed by atoms with Crippen LogP contribution in [0, 0.1) is 0 Å². The molecule has 0 bridgehead atoms. The van der Waals surface area contributed by atoms with Gasteiger partial charge in [0.05, 0.1) is 19.8 Å². The Bertz CT molecular complexity index is 464. The highest BCUT2D eigenvalue weighted by molar-refractivity contribution is 6.02. The van der Waals surface area contributed by atoms with Crippen molar-refractivity contribution in [3.05, 3.63) is 23.8 Å². The summed E-state index contributed by atoms with van der Waals surface area (Å²) in [6.45, 7) is 2.11. The molecule has 0 spiro atoms. The number of amides is 1. The van der Waals surface area contributed by atoms with Crippen molar-refractivity contribution in [1.29, 1.82) is 0 Å². The van der Waals surface area contributed by atoms with Crippen LogP contribution in [-0.2, 0) is 14.3 Å². The molecule has 1 aliphatic heterocycles. The van der Waals surface area contributed by atoms with Gasteiger partial charge in [0.15, 0.2) is 0 Å². The van der Waals surface area contributed by atoms with Gasteiger partial charge in [-0.3, -0.25) is 4.79 Å². The summed E-state index contributed by atoms with van der Waals surface area (Å²) in [4.78, 5) is 11.7. The Labute approximate surface area is 118 Å². The topological polar surface area (TPSA) is 68.8 Å². The van der Waals surface area contributed by atoms with Crippen LogP contribution in [0.1, 0.15) is 11.6 Å². The highest BCUT2D eigenvalue weighted by Crippen LogP contribution is 2.33. The van der Waals surface area contributed by atoms with Gasteiger partial charge in [0, 0.05) is 24.4 Å². The molecule has 0 saturated heterocycles. The van der Waals surface area contributed by atoms with Gasteiger partial charge in [-0.25, -0.2) is 0 Å². The van der Waals surface area contributed by atoms with E-state index in [1.165, 1.54) is 0 Å². The van der Waals surface area contributed by atoms with Crippen molar-refractivity contribution in [2.75, 3.05) is 45.9 Å². The third-order valence-electron chi connectivity index (χ3n) is 3.07. The smallest absolute Gasteiger partial charge is 0.246 e. The summed E-state index contributed by atoms with van der Waals surface area (Å²) in [5.74, 6) is 0.679. The zero-order valence-corrected chi connectivity index (χ0v) is 11.8. The molecule has 0 fully saturated rings. The molecular formula is C14H20N2O4. The van der Waals surface area contributed by atoms with E-state index in [1.807, 2.05) is 18.2 Å². The van der Waals surface area contributed by atoms with Gasteiger partial charge in [-0.1, -0.05) is 6.07 Å². The molecule has 1 atom stereocenters. The van der Waals surface area contributed by atoms with Crippen LogP contribution < -0.4 is 15.4 Å². The molecule has 6 heteroatoms. The highest BCUT2D eigenvalue weighted by atomic mass is 16.5. The zero-order chi connectivity index (χ0) is 14.4. The van der Waals surface area contributed by atoms with E-state index in [1.54, 1.807) is 14.2 Å². The molecule has 0 radical (unpaired) electrons. The third kappa shape index (κ3) is 3.47. The van der Waals surface area contributed by atoms with E-state index >= 15 is 0 Å². The second-order valence-corrected chi connectivity index (χ2v) is 4.41. The molecule has 110 valence electrons. The number of methoxy groups -OCH3 is 1. The van der Waals surface area contributed by atoms with Crippen LogP contribution in [-0.4, -0.2) is 46.5 Å². The van der Waals surface area contributed by atoms with Gasteiger partial charge in [-0.2, -0.15) is 0 Å². The monoisotopic (exact) mass is 280 g/mol. The molecule has 2 N–H and O–H groups in total. The van der Waals surface area contributed by atoms with Crippen molar-refractivity contribution in [3.63, 3.8) is 0 Å². The van der Waals surface area contributed by atoms with E-state index in [9.17, 15) is 4.79 Å². The second kappa shape index (κ2) is 7.23. The van der Waals surface area contributed by atoms with Crippen molar-refractivity contribution in [2.24, 2.45) is 0 Å². The lowest BCUT2D eigenvalue weighted by Crippen LogP contribution is -2.23. The van der Waals surface area contributed by atoms with Crippen molar-refractivity contribution in [1.82, 2.24) is 5.32 Å². The van der Waals surface area contributed by atoms with E-state index in [4.69, 9.17) is 14.2 Å². The summed E-state index contributed by atoms with van der Waals surface area (Å²) in [5, 5.41) is 5.80. The number of nitrogens with one attached hydrogen (secondary N) is 2. The summed E-state index contributed by atoms with van der Waals surface area (Å²) in [6, 6.07) is 5.31. The molecule has 1 heterocycles. The first-order valence-corrected chi connectivity index (χ1v) is 6.58. The lowest BCUT2D eigenvalue weighted by Gasteiger charge is -2.09. The summed E-state index contributed by atoms with van der Waals surface area (Å²) in [7, 11) is 3.40. The Morgan fingerprint density at radius 3 is 2.80 bits per heavy atom. The summed E-state index contributed by atoms with van der Waals surface area (Å²) < 4.78 is 15.8. The van der Waals surface area contributed by atoms with Crippen LogP contribution in [0.4, 0.5) is 5.69 Å². The van der Waals surface area contributed by atoms with Crippen LogP contribution in [0.25, 0.3) is 0 Å². The molecule has 1 aromatic carbocycles.